The minimum atomic E-state index is 0.135. The van der Waals surface area contributed by atoms with E-state index in [1.807, 2.05) is 6.07 Å². The van der Waals surface area contributed by atoms with Gasteiger partial charge in [0.05, 0.1) is 46.6 Å². The Morgan fingerprint density at radius 1 is 0.950 bits per heavy atom. The number of likely N-dealkylation sites (tertiary alicyclic amines) is 1. The zero-order valence-electron chi connectivity index (χ0n) is 36.2. The Labute approximate surface area is 367 Å². The number of piperidine rings is 1. The van der Waals surface area contributed by atoms with Crippen molar-refractivity contribution in [2.24, 2.45) is 22.2 Å². The third-order valence-corrected chi connectivity index (χ3v) is 17.7. The van der Waals surface area contributed by atoms with Crippen molar-refractivity contribution in [3.63, 3.8) is 0 Å². The number of nitrogens with one attached hydrogen (secondary N) is 5. The lowest BCUT2D eigenvalue weighted by atomic mass is 9.75. The van der Waals surface area contributed by atoms with E-state index in [0.717, 1.165) is 44.4 Å². The predicted molar refractivity (Wildman–Crippen MR) is 242 cm³/mol. The molecule has 4 saturated heterocycles. The number of methoxy groups -OCH3 is 1. The molecule has 6 fully saturated rings. The number of nitrogens with zero attached hydrogens (tertiary/aromatic N) is 4. The largest absolute Gasteiger partial charge is 0.490 e. The average Bonchev–Trinajstić information content (AvgIpc) is 3.92. The van der Waals surface area contributed by atoms with Crippen molar-refractivity contribution in [2.45, 2.75) is 157 Å². The van der Waals surface area contributed by atoms with Crippen molar-refractivity contribution in [1.82, 2.24) is 36.8 Å². The molecule has 13 heteroatoms. The normalized spacial score (nSPS) is 37.0. The molecule has 0 bridgehead atoms. The highest BCUT2D eigenvalue weighted by molar-refractivity contribution is 8.00. The van der Waals surface area contributed by atoms with Crippen LogP contribution in [0.15, 0.2) is 47.5 Å². The fourth-order valence-electron chi connectivity index (χ4n) is 11.8. The summed E-state index contributed by atoms with van der Waals surface area (Å²) in [6.07, 6.45) is 15.2. The number of hydrogen-bond donors (Lipinski definition) is 5. The van der Waals surface area contributed by atoms with Crippen LogP contribution in [0, 0.1) is 28.6 Å². The molecule has 11 nitrogen and oxygen atoms in total. The number of nitriles is 1. The van der Waals surface area contributed by atoms with Gasteiger partial charge in [-0.1, -0.05) is 49.7 Å². The molecule has 0 amide bonds. The summed E-state index contributed by atoms with van der Waals surface area (Å²) in [5.41, 5.74) is 19.7. The number of rotatable bonds is 11. The third kappa shape index (κ3) is 9.06. The quantitative estimate of drug-likeness (QED) is 0.159. The SMILES string of the molecule is COCC[C@@H]1N=C(c2ccc(C3CCC4(CCN(C5CCC(CNC6CCC(Oc7ccc(C#N)c(Cl)c7)CC6)NN5)CC4)C3)cc2)C2C(C)C(C)SC2N2C(C)NNC12. The van der Waals surface area contributed by atoms with Crippen molar-refractivity contribution in [3.05, 3.63) is 64.2 Å². The Morgan fingerprint density at radius 2 is 1.75 bits per heavy atom. The first-order valence-electron chi connectivity index (χ1n) is 23.2. The van der Waals surface area contributed by atoms with Crippen LogP contribution in [-0.4, -0.2) is 102 Å². The van der Waals surface area contributed by atoms with Gasteiger partial charge in [0.25, 0.3) is 0 Å². The van der Waals surface area contributed by atoms with E-state index in [4.69, 9.17) is 31.3 Å². The van der Waals surface area contributed by atoms with E-state index in [0.29, 0.717) is 69.2 Å². The fourth-order valence-corrected chi connectivity index (χ4v) is 13.9. The van der Waals surface area contributed by atoms with Crippen LogP contribution in [0.2, 0.25) is 5.02 Å². The summed E-state index contributed by atoms with van der Waals surface area (Å²) in [7, 11) is 1.80. The zero-order valence-corrected chi connectivity index (χ0v) is 37.7. The summed E-state index contributed by atoms with van der Waals surface area (Å²) in [6, 6.07) is 18.3. The molecule has 9 unspecified atom stereocenters. The van der Waals surface area contributed by atoms with Crippen LogP contribution in [0.3, 0.4) is 0 Å². The monoisotopic (exact) mass is 857 g/mol. The molecule has 5 N–H and O–H groups in total. The summed E-state index contributed by atoms with van der Waals surface area (Å²) >= 11 is 8.35. The summed E-state index contributed by atoms with van der Waals surface area (Å²) in [4.78, 5) is 11.0. The van der Waals surface area contributed by atoms with E-state index in [-0.39, 0.29) is 24.5 Å². The molecule has 7 aliphatic rings. The number of ether oxygens (including phenoxy) is 2. The van der Waals surface area contributed by atoms with Crippen LogP contribution < -0.4 is 31.8 Å². The molecule has 5 aliphatic heterocycles. The van der Waals surface area contributed by atoms with Crippen LogP contribution in [0.5, 0.6) is 5.75 Å². The molecule has 2 aromatic carbocycles. The second kappa shape index (κ2) is 18.8. The maximum Gasteiger partial charge on any atom is 0.121 e. The van der Waals surface area contributed by atoms with Gasteiger partial charge in [-0.2, -0.15) is 5.26 Å². The Bertz CT molecular complexity index is 1840. The number of fused-ring (bicyclic) bond motifs is 3. The molecular weight excluding hydrogens is 790 g/mol. The van der Waals surface area contributed by atoms with E-state index in [2.05, 4.69) is 99.7 Å². The molecule has 9 rings (SSSR count). The molecule has 2 saturated carbocycles. The Morgan fingerprint density at radius 3 is 2.47 bits per heavy atom. The smallest absolute Gasteiger partial charge is 0.121 e. The van der Waals surface area contributed by atoms with Gasteiger partial charge < -0.3 is 14.8 Å². The van der Waals surface area contributed by atoms with Gasteiger partial charge in [-0.3, -0.25) is 20.2 Å². The maximum atomic E-state index is 9.15. The van der Waals surface area contributed by atoms with E-state index in [9.17, 15) is 0 Å². The molecule has 10 atom stereocenters. The Balaban J connectivity index is 0.731. The standard InChI is InChI=1S/C47H68ClN9O2S/c1-29-30(2)60-46-43(29)44(51-41(18-24-58-4)45-55-52-31(3)57(45)46)33-7-5-32(6-8-33)34-17-19-47(26-34)20-22-56(23-21-47)42-16-12-37(53-54-42)28-50-36-10-14-38(15-11-36)59-39-13-9-35(27-49)40(48)25-39/h5-9,13,25,29-31,34,36-38,41-43,45-46,50,52-55H,10-12,14-24,26,28H2,1-4H3/t29?,30?,31?,34?,36?,37?,38?,41-,42?,43?,45?,46?/m0/s1. The van der Waals surface area contributed by atoms with E-state index in [1.54, 1.807) is 19.2 Å². The van der Waals surface area contributed by atoms with Gasteiger partial charge in [0.1, 0.15) is 11.8 Å². The molecule has 5 heterocycles. The van der Waals surface area contributed by atoms with Gasteiger partial charge in [-0.25, -0.2) is 16.3 Å². The van der Waals surface area contributed by atoms with E-state index in [1.165, 1.54) is 74.9 Å². The summed E-state index contributed by atoms with van der Waals surface area (Å²) in [5, 5.41) is 14.4. The van der Waals surface area contributed by atoms with Gasteiger partial charge >= 0.3 is 0 Å². The van der Waals surface area contributed by atoms with E-state index < -0.39 is 0 Å². The molecule has 0 radical (unpaired) electrons. The second-order valence-electron chi connectivity index (χ2n) is 19.3. The zero-order chi connectivity index (χ0) is 41.4. The van der Waals surface area contributed by atoms with Crippen molar-refractivity contribution in [3.8, 4) is 11.8 Å². The number of aliphatic imine (C=N–C) groups is 1. The summed E-state index contributed by atoms with van der Waals surface area (Å²) < 4.78 is 11.8. The van der Waals surface area contributed by atoms with Crippen LogP contribution in [0.25, 0.3) is 0 Å². The van der Waals surface area contributed by atoms with Gasteiger partial charge in [-0.15, -0.1) is 11.8 Å². The van der Waals surface area contributed by atoms with Crippen LogP contribution in [0.4, 0.5) is 0 Å². The molecule has 60 heavy (non-hydrogen) atoms. The maximum absolute atomic E-state index is 9.15. The highest BCUT2D eigenvalue weighted by Crippen LogP contribution is 2.53. The number of halogens is 1. The molecule has 2 aliphatic carbocycles. The van der Waals surface area contributed by atoms with Crippen LogP contribution in [-0.2, 0) is 4.74 Å². The lowest BCUT2D eigenvalue weighted by Gasteiger charge is -2.45. The number of benzene rings is 2. The Kier molecular flexibility index (Phi) is 13.5. The fraction of sp³-hybridized carbons (Fsp3) is 0.702. The van der Waals surface area contributed by atoms with E-state index >= 15 is 0 Å². The highest BCUT2D eigenvalue weighted by Gasteiger charge is 2.53. The third-order valence-electron chi connectivity index (χ3n) is 15.7. The molecule has 2 aromatic rings. The van der Waals surface area contributed by atoms with Gasteiger partial charge in [0.15, 0.2) is 0 Å². The molecule has 326 valence electrons. The number of thioether (sulfide) groups is 1. The van der Waals surface area contributed by atoms with Gasteiger partial charge in [-0.05, 0) is 124 Å². The second-order valence-corrected chi connectivity index (χ2v) is 21.2. The van der Waals surface area contributed by atoms with Crippen LogP contribution >= 0.6 is 23.4 Å². The lowest BCUT2D eigenvalue weighted by Crippen LogP contribution is -2.62. The van der Waals surface area contributed by atoms with Crippen molar-refractivity contribution < 1.29 is 9.47 Å². The molecule has 1 spiro atoms. The predicted octanol–water partition coefficient (Wildman–Crippen LogP) is 7.13. The molecule has 0 aromatic heterocycles. The number of hydrazine groups is 2. The number of hydrogen-bond acceptors (Lipinski definition) is 12. The Hall–Kier alpha value is -2.28. The van der Waals surface area contributed by atoms with Crippen molar-refractivity contribution >= 4 is 29.1 Å². The first-order valence-corrected chi connectivity index (χ1v) is 24.5. The highest BCUT2D eigenvalue weighted by atomic mass is 35.5. The first-order chi connectivity index (χ1) is 29.2. The lowest BCUT2D eigenvalue weighted by molar-refractivity contribution is 0.0352. The van der Waals surface area contributed by atoms with Gasteiger partial charge in [0.2, 0.25) is 0 Å². The topological polar surface area (TPSA) is 121 Å². The summed E-state index contributed by atoms with van der Waals surface area (Å²) in [6.45, 7) is 11.2. The van der Waals surface area contributed by atoms with Crippen molar-refractivity contribution in [1.29, 1.82) is 5.26 Å². The minimum absolute atomic E-state index is 0.135. The summed E-state index contributed by atoms with van der Waals surface area (Å²) in [5.74, 6) is 2.36. The average molecular weight is 859 g/mol. The first kappa shape index (κ1) is 43.0. The van der Waals surface area contributed by atoms with Crippen LogP contribution in [0.1, 0.15) is 120 Å². The molecular formula is C47H68ClN9O2S. The van der Waals surface area contributed by atoms with Gasteiger partial charge in [0, 0.05) is 68.4 Å². The minimum Gasteiger partial charge on any atom is -0.490 e. The van der Waals surface area contributed by atoms with Crippen molar-refractivity contribution in [2.75, 3.05) is 33.4 Å².